The maximum Gasteiger partial charge on any atom is 0.274 e. The van der Waals surface area contributed by atoms with Gasteiger partial charge >= 0.3 is 0 Å². The molecular weight excluding hydrogens is 336 g/mol. The van der Waals surface area contributed by atoms with Crippen molar-refractivity contribution in [2.24, 2.45) is 0 Å². The molecule has 25 heavy (non-hydrogen) atoms. The SMILES string of the molecule is Clc1ccc(-c2cnc(C[NH+]3CCN(c4cccc[nH+]4)CC3)o2)cc1. The van der Waals surface area contributed by atoms with Crippen LogP contribution in [0.15, 0.2) is 59.3 Å². The molecule has 0 aliphatic carbocycles. The van der Waals surface area contributed by atoms with Gasteiger partial charge in [-0.3, -0.25) is 4.90 Å². The smallest absolute Gasteiger partial charge is 0.274 e. The minimum Gasteiger partial charge on any atom is -0.435 e. The summed E-state index contributed by atoms with van der Waals surface area (Å²) in [6.45, 7) is 5.02. The van der Waals surface area contributed by atoms with Crippen LogP contribution in [0, 0.1) is 0 Å². The van der Waals surface area contributed by atoms with Crippen molar-refractivity contribution in [2.45, 2.75) is 6.54 Å². The molecular formula is C19H21ClN4O+2. The zero-order chi connectivity index (χ0) is 17.1. The molecule has 5 nitrogen and oxygen atoms in total. The lowest BCUT2D eigenvalue weighted by Crippen LogP contribution is -3.13. The molecule has 0 bridgehead atoms. The number of pyridine rings is 1. The van der Waals surface area contributed by atoms with E-state index in [1.165, 1.54) is 10.7 Å². The van der Waals surface area contributed by atoms with Gasteiger partial charge in [-0.25, -0.2) is 9.97 Å². The van der Waals surface area contributed by atoms with Crippen molar-refractivity contribution in [1.29, 1.82) is 0 Å². The average Bonchev–Trinajstić information content (AvgIpc) is 3.12. The minimum absolute atomic E-state index is 0.724. The second-order valence-electron chi connectivity index (χ2n) is 6.29. The summed E-state index contributed by atoms with van der Waals surface area (Å²) in [6, 6.07) is 13.8. The van der Waals surface area contributed by atoms with E-state index < -0.39 is 0 Å². The number of hydrogen-bond acceptors (Lipinski definition) is 3. The molecule has 1 aromatic carbocycles. The summed E-state index contributed by atoms with van der Waals surface area (Å²) in [7, 11) is 0. The van der Waals surface area contributed by atoms with Crippen LogP contribution in [0.5, 0.6) is 0 Å². The Morgan fingerprint density at radius 2 is 1.92 bits per heavy atom. The van der Waals surface area contributed by atoms with Crippen LogP contribution in [-0.4, -0.2) is 31.2 Å². The molecule has 0 unspecified atom stereocenters. The van der Waals surface area contributed by atoms with Crippen LogP contribution in [0.2, 0.25) is 5.02 Å². The van der Waals surface area contributed by atoms with Gasteiger partial charge in [0.1, 0.15) is 26.2 Å². The van der Waals surface area contributed by atoms with E-state index in [9.17, 15) is 0 Å². The van der Waals surface area contributed by atoms with Crippen molar-refractivity contribution in [3.8, 4) is 11.3 Å². The number of halogens is 1. The standard InChI is InChI=1S/C19H19ClN4O/c20-16-6-4-15(5-7-16)17-13-22-19(25-17)14-23-9-11-24(12-10-23)18-3-1-2-8-21-18/h1-8,13H,9-12,14H2/p+2. The van der Waals surface area contributed by atoms with E-state index in [-0.39, 0.29) is 0 Å². The second kappa shape index (κ2) is 7.25. The highest BCUT2D eigenvalue weighted by atomic mass is 35.5. The zero-order valence-electron chi connectivity index (χ0n) is 13.9. The average molecular weight is 357 g/mol. The van der Waals surface area contributed by atoms with Crippen LogP contribution in [0.3, 0.4) is 0 Å². The number of benzene rings is 1. The van der Waals surface area contributed by atoms with Crippen molar-refractivity contribution in [3.05, 3.63) is 65.8 Å². The Bertz CT molecular complexity index is 811. The summed E-state index contributed by atoms with van der Waals surface area (Å²) < 4.78 is 5.93. The first-order valence-electron chi connectivity index (χ1n) is 8.54. The first-order chi connectivity index (χ1) is 12.3. The fourth-order valence-corrected chi connectivity index (χ4v) is 3.30. The first-order valence-corrected chi connectivity index (χ1v) is 8.91. The van der Waals surface area contributed by atoms with Gasteiger partial charge in [-0.05, 0) is 30.3 Å². The van der Waals surface area contributed by atoms with Crippen LogP contribution >= 0.6 is 11.6 Å². The van der Waals surface area contributed by atoms with E-state index in [4.69, 9.17) is 16.0 Å². The van der Waals surface area contributed by atoms with Crippen molar-refractivity contribution in [3.63, 3.8) is 0 Å². The van der Waals surface area contributed by atoms with E-state index in [0.29, 0.717) is 0 Å². The number of quaternary nitrogens is 1. The number of rotatable bonds is 4. The predicted octanol–water partition coefficient (Wildman–Crippen LogP) is 1.71. The Kier molecular flexibility index (Phi) is 4.68. The van der Waals surface area contributed by atoms with Gasteiger partial charge in [-0.15, -0.1) is 0 Å². The summed E-state index contributed by atoms with van der Waals surface area (Å²) in [5.41, 5.74) is 1.00. The number of aromatic nitrogens is 2. The maximum absolute atomic E-state index is 5.93. The molecule has 1 aliphatic heterocycles. The van der Waals surface area contributed by atoms with Crippen molar-refractivity contribution >= 4 is 17.4 Å². The number of anilines is 1. The Balaban J connectivity index is 1.35. The highest BCUT2D eigenvalue weighted by molar-refractivity contribution is 6.30. The van der Waals surface area contributed by atoms with Crippen LogP contribution in [0.4, 0.5) is 5.82 Å². The summed E-state index contributed by atoms with van der Waals surface area (Å²) in [6.07, 6.45) is 3.77. The fourth-order valence-electron chi connectivity index (χ4n) is 3.17. The lowest BCUT2D eigenvalue weighted by atomic mass is 10.2. The van der Waals surface area contributed by atoms with Gasteiger partial charge in [-0.1, -0.05) is 17.7 Å². The van der Waals surface area contributed by atoms with E-state index in [1.54, 1.807) is 6.20 Å². The van der Waals surface area contributed by atoms with Gasteiger partial charge in [0.05, 0.1) is 12.4 Å². The van der Waals surface area contributed by atoms with Gasteiger partial charge in [0.15, 0.2) is 12.3 Å². The number of hydrogen-bond donors (Lipinski definition) is 1. The third-order valence-corrected chi connectivity index (χ3v) is 4.84. The normalized spacial score (nSPS) is 15.5. The Hall–Kier alpha value is -2.37. The number of piperazine rings is 1. The highest BCUT2D eigenvalue weighted by Crippen LogP contribution is 2.22. The molecule has 128 valence electrons. The minimum atomic E-state index is 0.724. The first kappa shape index (κ1) is 16.1. The zero-order valence-corrected chi connectivity index (χ0v) is 14.7. The third kappa shape index (κ3) is 3.83. The molecule has 1 saturated heterocycles. The summed E-state index contributed by atoms with van der Waals surface area (Å²) in [4.78, 5) is 11.6. The number of aromatic amines is 1. The van der Waals surface area contributed by atoms with Gasteiger partial charge in [0.25, 0.3) is 11.7 Å². The van der Waals surface area contributed by atoms with E-state index in [0.717, 1.165) is 55.0 Å². The lowest BCUT2D eigenvalue weighted by Gasteiger charge is -2.27. The van der Waals surface area contributed by atoms with Gasteiger partial charge in [0.2, 0.25) is 0 Å². The summed E-state index contributed by atoms with van der Waals surface area (Å²) in [5, 5.41) is 0.724. The molecule has 0 radical (unpaired) electrons. The molecule has 0 saturated carbocycles. The van der Waals surface area contributed by atoms with Gasteiger partial charge in [-0.2, -0.15) is 0 Å². The molecule has 6 heteroatoms. The molecule has 0 spiro atoms. The van der Waals surface area contributed by atoms with Crippen molar-refractivity contribution < 1.29 is 14.3 Å². The predicted molar refractivity (Wildman–Crippen MR) is 96.6 cm³/mol. The molecule has 1 aliphatic rings. The number of H-pyrrole nitrogens is 1. The fraction of sp³-hybridized carbons (Fsp3) is 0.263. The largest absolute Gasteiger partial charge is 0.435 e. The van der Waals surface area contributed by atoms with Crippen LogP contribution in [0.25, 0.3) is 11.3 Å². The van der Waals surface area contributed by atoms with Crippen molar-refractivity contribution in [1.82, 2.24) is 4.98 Å². The highest BCUT2D eigenvalue weighted by Gasteiger charge is 2.26. The van der Waals surface area contributed by atoms with Crippen LogP contribution in [0.1, 0.15) is 5.89 Å². The molecule has 2 aromatic heterocycles. The summed E-state index contributed by atoms with van der Waals surface area (Å²) in [5.74, 6) is 2.77. The van der Waals surface area contributed by atoms with Gasteiger partial charge < -0.3 is 9.32 Å². The lowest BCUT2D eigenvalue weighted by molar-refractivity contribution is -0.915. The Labute approximate surface area is 151 Å². The molecule has 2 N–H and O–H groups in total. The monoisotopic (exact) mass is 356 g/mol. The number of nitrogens with zero attached hydrogens (tertiary/aromatic N) is 2. The quantitative estimate of drug-likeness (QED) is 0.774. The number of nitrogens with one attached hydrogen (secondary N) is 2. The summed E-state index contributed by atoms with van der Waals surface area (Å²) >= 11 is 5.93. The Morgan fingerprint density at radius 3 is 2.64 bits per heavy atom. The maximum atomic E-state index is 5.93. The molecule has 0 atom stereocenters. The topological polar surface area (TPSA) is 47.9 Å². The van der Waals surface area contributed by atoms with Gasteiger partial charge in [0, 0.05) is 16.7 Å². The molecule has 4 rings (SSSR count). The van der Waals surface area contributed by atoms with E-state index in [2.05, 4.69) is 27.0 Å². The van der Waals surface area contributed by atoms with E-state index in [1.807, 2.05) is 36.5 Å². The number of oxazole rings is 1. The molecule has 3 heterocycles. The molecule has 1 fully saturated rings. The van der Waals surface area contributed by atoms with Crippen molar-refractivity contribution in [2.75, 3.05) is 31.1 Å². The van der Waals surface area contributed by atoms with E-state index >= 15 is 0 Å². The van der Waals surface area contributed by atoms with Crippen LogP contribution in [-0.2, 0) is 6.54 Å². The molecule has 0 amide bonds. The van der Waals surface area contributed by atoms with Crippen LogP contribution < -0.4 is 14.8 Å². The third-order valence-electron chi connectivity index (χ3n) is 4.59. The molecule has 3 aromatic rings. The Morgan fingerprint density at radius 1 is 1.12 bits per heavy atom. The second-order valence-corrected chi connectivity index (χ2v) is 6.72.